The van der Waals surface area contributed by atoms with Crippen LogP contribution in [0.1, 0.15) is 0 Å². The van der Waals surface area contributed by atoms with Crippen molar-refractivity contribution in [1.82, 2.24) is 20.4 Å². The smallest absolute Gasteiger partial charge is 0.258 e. The summed E-state index contributed by atoms with van der Waals surface area (Å²) in [5.41, 5.74) is 1.46. The molecule has 7 nitrogen and oxygen atoms in total. The van der Waals surface area contributed by atoms with Crippen molar-refractivity contribution >= 4 is 27.6 Å². The number of hydrogen-bond acceptors (Lipinski definition) is 5. The van der Waals surface area contributed by atoms with Gasteiger partial charge in [-0.15, -0.1) is 0 Å². The molecule has 0 radical (unpaired) electrons. The standard InChI is InChI=1S/C9H5N5O2/c15-14(16)7-4-6-9(12-13-11-6)8-5(7)2-1-3-10-8/h1-4H,(H,11,12,13). The van der Waals surface area contributed by atoms with Crippen LogP contribution in [0.25, 0.3) is 21.9 Å². The molecule has 1 N–H and O–H groups in total. The fourth-order valence-electron chi connectivity index (χ4n) is 1.67. The van der Waals surface area contributed by atoms with E-state index in [1.165, 1.54) is 6.07 Å². The minimum absolute atomic E-state index is 0.00972. The number of nitro benzene ring substituents is 1. The molecule has 0 aliphatic heterocycles. The number of rotatable bonds is 1. The fraction of sp³-hybridized carbons (Fsp3) is 0. The Labute approximate surface area is 88.3 Å². The van der Waals surface area contributed by atoms with Crippen molar-refractivity contribution < 1.29 is 4.92 Å². The van der Waals surface area contributed by atoms with Crippen LogP contribution >= 0.6 is 0 Å². The van der Waals surface area contributed by atoms with Crippen molar-refractivity contribution in [3.8, 4) is 0 Å². The summed E-state index contributed by atoms with van der Waals surface area (Å²) in [5.74, 6) is 0. The first-order valence-electron chi connectivity index (χ1n) is 4.50. The van der Waals surface area contributed by atoms with Crippen molar-refractivity contribution in [1.29, 1.82) is 0 Å². The van der Waals surface area contributed by atoms with Gasteiger partial charge in [0.15, 0.2) is 0 Å². The second-order valence-corrected chi connectivity index (χ2v) is 3.24. The van der Waals surface area contributed by atoms with E-state index < -0.39 is 4.92 Å². The number of nitrogens with zero attached hydrogens (tertiary/aromatic N) is 4. The lowest BCUT2D eigenvalue weighted by Gasteiger charge is -1.98. The summed E-state index contributed by atoms with van der Waals surface area (Å²) in [4.78, 5) is 14.6. The normalized spacial score (nSPS) is 11.0. The zero-order valence-corrected chi connectivity index (χ0v) is 7.91. The molecule has 3 rings (SSSR count). The lowest BCUT2D eigenvalue weighted by molar-refractivity contribution is -0.383. The molecule has 16 heavy (non-hydrogen) atoms. The van der Waals surface area contributed by atoms with Crippen LogP contribution < -0.4 is 0 Å². The second-order valence-electron chi connectivity index (χ2n) is 3.24. The maximum absolute atomic E-state index is 10.9. The van der Waals surface area contributed by atoms with Gasteiger partial charge in [0.25, 0.3) is 5.69 Å². The Hall–Kier alpha value is -2.57. The van der Waals surface area contributed by atoms with Crippen molar-refractivity contribution in [2.24, 2.45) is 0 Å². The van der Waals surface area contributed by atoms with Crippen molar-refractivity contribution in [2.75, 3.05) is 0 Å². The van der Waals surface area contributed by atoms with E-state index in [-0.39, 0.29) is 5.69 Å². The van der Waals surface area contributed by atoms with Gasteiger partial charge in [0, 0.05) is 12.3 Å². The van der Waals surface area contributed by atoms with Crippen molar-refractivity contribution in [3.63, 3.8) is 0 Å². The van der Waals surface area contributed by atoms with Gasteiger partial charge in [0.2, 0.25) is 0 Å². The number of H-pyrrole nitrogens is 1. The fourth-order valence-corrected chi connectivity index (χ4v) is 1.67. The molecule has 2 aromatic heterocycles. The van der Waals surface area contributed by atoms with Crippen LogP contribution in [0, 0.1) is 10.1 Å². The van der Waals surface area contributed by atoms with Crippen LogP contribution in [0.4, 0.5) is 5.69 Å². The summed E-state index contributed by atoms with van der Waals surface area (Å²) in [7, 11) is 0. The number of aromatic nitrogens is 4. The summed E-state index contributed by atoms with van der Waals surface area (Å²) in [6.07, 6.45) is 1.57. The summed E-state index contributed by atoms with van der Waals surface area (Å²) in [5, 5.41) is 21.6. The number of non-ortho nitro benzene ring substituents is 1. The highest BCUT2D eigenvalue weighted by atomic mass is 16.6. The minimum Gasteiger partial charge on any atom is -0.258 e. The molecular formula is C9H5N5O2. The topological polar surface area (TPSA) is 97.6 Å². The van der Waals surface area contributed by atoms with Crippen LogP contribution in [0.15, 0.2) is 24.4 Å². The zero-order chi connectivity index (χ0) is 11.1. The monoisotopic (exact) mass is 215 g/mol. The van der Waals surface area contributed by atoms with Crippen LogP contribution in [-0.4, -0.2) is 25.3 Å². The number of pyridine rings is 1. The number of nitro groups is 1. The molecule has 0 spiro atoms. The summed E-state index contributed by atoms with van der Waals surface area (Å²) in [6, 6.07) is 4.69. The highest BCUT2D eigenvalue weighted by molar-refractivity contribution is 6.05. The summed E-state index contributed by atoms with van der Waals surface area (Å²) < 4.78 is 0. The predicted molar refractivity (Wildman–Crippen MR) is 55.8 cm³/mol. The first kappa shape index (κ1) is 8.72. The third-order valence-electron chi connectivity index (χ3n) is 2.35. The van der Waals surface area contributed by atoms with Crippen LogP contribution in [0.5, 0.6) is 0 Å². The average molecular weight is 215 g/mol. The van der Waals surface area contributed by atoms with E-state index in [4.69, 9.17) is 0 Å². The molecule has 0 saturated carbocycles. The number of hydrogen-bond donors (Lipinski definition) is 1. The molecule has 3 aromatic rings. The Kier molecular flexibility index (Phi) is 1.61. The Morgan fingerprint density at radius 3 is 3.00 bits per heavy atom. The Morgan fingerprint density at radius 2 is 2.19 bits per heavy atom. The Morgan fingerprint density at radius 1 is 1.31 bits per heavy atom. The minimum atomic E-state index is -0.446. The molecule has 2 heterocycles. The molecule has 1 aromatic carbocycles. The molecule has 0 atom stereocenters. The molecule has 0 bridgehead atoms. The van der Waals surface area contributed by atoms with Crippen molar-refractivity contribution in [3.05, 3.63) is 34.5 Å². The first-order chi connectivity index (χ1) is 7.77. The maximum Gasteiger partial charge on any atom is 0.281 e. The van der Waals surface area contributed by atoms with E-state index in [2.05, 4.69) is 20.4 Å². The van der Waals surface area contributed by atoms with Gasteiger partial charge in [-0.2, -0.15) is 15.4 Å². The third-order valence-corrected chi connectivity index (χ3v) is 2.35. The maximum atomic E-state index is 10.9. The van der Waals surface area contributed by atoms with Gasteiger partial charge >= 0.3 is 0 Å². The number of aromatic amines is 1. The van der Waals surface area contributed by atoms with Gasteiger partial charge in [-0.3, -0.25) is 15.1 Å². The second kappa shape index (κ2) is 2.96. The zero-order valence-electron chi connectivity index (χ0n) is 7.91. The van der Waals surface area contributed by atoms with Gasteiger partial charge < -0.3 is 0 Å². The highest BCUT2D eigenvalue weighted by Crippen LogP contribution is 2.29. The van der Waals surface area contributed by atoms with Crippen LogP contribution in [0.3, 0.4) is 0 Å². The van der Waals surface area contributed by atoms with E-state index in [1.54, 1.807) is 18.3 Å². The van der Waals surface area contributed by atoms with Crippen molar-refractivity contribution in [2.45, 2.75) is 0 Å². The van der Waals surface area contributed by atoms with Gasteiger partial charge in [0.05, 0.1) is 10.3 Å². The SMILES string of the molecule is O=[N+]([O-])c1cc2n[nH]nc2c2ncccc12. The first-order valence-corrected chi connectivity index (χ1v) is 4.50. The number of nitrogens with one attached hydrogen (secondary N) is 1. The van der Waals surface area contributed by atoms with Gasteiger partial charge in [-0.25, -0.2) is 0 Å². The van der Waals surface area contributed by atoms with Crippen LogP contribution in [-0.2, 0) is 0 Å². The van der Waals surface area contributed by atoms with E-state index in [9.17, 15) is 10.1 Å². The largest absolute Gasteiger partial charge is 0.281 e. The molecule has 7 heteroatoms. The molecule has 0 unspecified atom stereocenters. The summed E-state index contributed by atoms with van der Waals surface area (Å²) in [6.45, 7) is 0. The number of fused-ring (bicyclic) bond motifs is 3. The third kappa shape index (κ3) is 1.05. The number of benzene rings is 1. The molecule has 78 valence electrons. The Balaban J connectivity index is 2.60. The molecule has 0 saturated heterocycles. The lowest BCUT2D eigenvalue weighted by atomic mass is 10.1. The molecule has 0 aliphatic carbocycles. The lowest BCUT2D eigenvalue weighted by Crippen LogP contribution is -1.91. The average Bonchev–Trinajstić information content (AvgIpc) is 2.75. The quantitative estimate of drug-likeness (QED) is 0.488. The van der Waals surface area contributed by atoms with E-state index in [0.717, 1.165) is 0 Å². The van der Waals surface area contributed by atoms with E-state index in [0.29, 0.717) is 21.9 Å². The van der Waals surface area contributed by atoms with E-state index >= 15 is 0 Å². The van der Waals surface area contributed by atoms with E-state index in [1.807, 2.05) is 0 Å². The van der Waals surface area contributed by atoms with Crippen LogP contribution in [0.2, 0.25) is 0 Å². The Bertz CT molecular complexity index is 705. The highest BCUT2D eigenvalue weighted by Gasteiger charge is 2.17. The molecule has 0 aliphatic rings. The molecular weight excluding hydrogens is 210 g/mol. The van der Waals surface area contributed by atoms with Gasteiger partial charge in [-0.05, 0) is 12.1 Å². The van der Waals surface area contributed by atoms with Gasteiger partial charge in [-0.1, -0.05) is 0 Å². The van der Waals surface area contributed by atoms with Gasteiger partial charge in [0.1, 0.15) is 16.6 Å². The molecule has 0 fully saturated rings. The molecule has 0 amide bonds. The predicted octanol–water partition coefficient (Wildman–Crippen LogP) is 1.41. The summed E-state index contributed by atoms with van der Waals surface area (Å²) >= 11 is 0.